The first-order chi connectivity index (χ1) is 13.7. The Morgan fingerprint density at radius 3 is 2.61 bits per heavy atom. The topological polar surface area (TPSA) is 109 Å². The largest absolute Gasteiger partial charge is 0.450 e. The van der Waals surface area contributed by atoms with Crippen LogP contribution in [-0.2, 0) is 11.3 Å². The maximum Gasteiger partial charge on any atom is 0.409 e. The van der Waals surface area contributed by atoms with Crippen LogP contribution in [0.5, 0.6) is 0 Å². The number of rotatable bonds is 6. The predicted octanol–water partition coefficient (Wildman–Crippen LogP) is 1.83. The summed E-state index contributed by atoms with van der Waals surface area (Å²) in [4.78, 5) is 38.2. The molecular formula is C19H24N6O3. The van der Waals surface area contributed by atoms with Gasteiger partial charge in [0.25, 0.3) is 5.91 Å². The number of likely N-dealkylation sites (tertiary alicyclic amines) is 1. The monoisotopic (exact) mass is 384 g/mol. The number of anilines is 1. The summed E-state index contributed by atoms with van der Waals surface area (Å²) in [6.07, 6.45) is 7.57. The third-order valence-corrected chi connectivity index (χ3v) is 4.44. The molecule has 9 nitrogen and oxygen atoms in total. The van der Waals surface area contributed by atoms with Gasteiger partial charge >= 0.3 is 6.09 Å². The van der Waals surface area contributed by atoms with Crippen LogP contribution in [-0.4, -0.2) is 57.6 Å². The average molecular weight is 384 g/mol. The maximum absolute atomic E-state index is 12.4. The standard InChI is InChI=1S/C19H24N6O3/c1-2-28-19(27)25-8-5-16(6-9-25)24-17(26)15-12-22-18(23-13-15)21-11-14-4-3-7-20-10-14/h3-4,7,10,12-13,16H,2,5-6,8-9,11H2,1H3,(H,24,26)(H,21,22,23). The van der Waals surface area contributed by atoms with Gasteiger partial charge in [-0.3, -0.25) is 9.78 Å². The molecule has 0 radical (unpaired) electrons. The predicted molar refractivity (Wildman–Crippen MR) is 103 cm³/mol. The third kappa shape index (κ3) is 5.38. The summed E-state index contributed by atoms with van der Waals surface area (Å²) in [5.41, 5.74) is 1.42. The maximum atomic E-state index is 12.4. The van der Waals surface area contributed by atoms with E-state index in [0.29, 0.717) is 50.6 Å². The molecule has 0 atom stereocenters. The van der Waals surface area contributed by atoms with Gasteiger partial charge in [0.15, 0.2) is 0 Å². The second-order valence-corrected chi connectivity index (χ2v) is 6.44. The molecule has 1 aliphatic rings. The Labute approximate surface area is 163 Å². The lowest BCUT2D eigenvalue weighted by Gasteiger charge is -2.31. The molecule has 1 fully saturated rings. The van der Waals surface area contributed by atoms with Crippen LogP contribution < -0.4 is 10.6 Å². The SMILES string of the molecule is CCOC(=O)N1CCC(NC(=O)c2cnc(NCc3cccnc3)nc2)CC1. The van der Waals surface area contributed by atoms with Crippen molar-refractivity contribution in [3.8, 4) is 0 Å². The number of carbonyl (C=O) groups is 2. The first-order valence-corrected chi connectivity index (χ1v) is 9.33. The van der Waals surface area contributed by atoms with Gasteiger partial charge < -0.3 is 20.3 Å². The molecule has 2 N–H and O–H groups in total. The number of amides is 2. The van der Waals surface area contributed by atoms with E-state index >= 15 is 0 Å². The summed E-state index contributed by atoms with van der Waals surface area (Å²) in [5.74, 6) is 0.233. The highest BCUT2D eigenvalue weighted by Gasteiger charge is 2.24. The second-order valence-electron chi connectivity index (χ2n) is 6.44. The van der Waals surface area contributed by atoms with E-state index < -0.39 is 0 Å². The van der Waals surface area contributed by atoms with Crippen LogP contribution in [0.1, 0.15) is 35.7 Å². The van der Waals surface area contributed by atoms with E-state index in [2.05, 4.69) is 25.6 Å². The lowest BCUT2D eigenvalue weighted by Crippen LogP contribution is -2.46. The molecule has 3 heterocycles. The number of nitrogens with zero attached hydrogens (tertiary/aromatic N) is 4. The molecule has 2 aromatic rings. The molecule has 1 aliphatic heterocycles. The lowest BCUT2D eigenvalue weighted by atomic mass is 10.1. The molecule has 28 heavy (non-hydrogen) atoms. The molecule has 0 aliphatic carbocycles. The van der Waals surface area contributed by atoms with E-state index in [1.165, 1.54) is 12.4 Å². The molecule has 0 saturated carbocycles. The minimum absolute atomic E-state index is 0.0153. The smallest absolute Gasteiger partial charge is 0.409 e. The van der Waals surface area contributed by atoms with Crippen LogP contribution in [0.3, 0.4) is 0 Å². The van der Waals surface area contributed by atoms with Crippen molar-refractivity contribution in [2.45, 2.75) is 32.4 Å². The Kier molecular flexibility index (Phi) is 6.72. The Balaban J connectivity index is 1.45. The Hall–Kier alpha value is -3.23. The number of piperidine rings is 1. The highest BCUT2D eigenvalue weighted by atomic mass is 16.6. The molecule has 0 bridgehead atoms. The zero-order valence-corrected chi connectivity index (χ0v) is 15.8. The number of hydrogen-bond acceptors (Lipinski definition) is 7. The number of hydrogen-bond donors (Lipinski definition) is 2. The number of aromatic nitrogens is 3. The number of pyridine rings is 1. The van der Waals surface area contributed by atoms with Gasteiger partial charge in [-0.15, -0.1) is 0 Å². The molecular weight excluding hydrogens is 360 g/mol. The van der Waals surface area contributed by atoms with E-state index in [4.69, 9.17) is 4.74 Å². The van der Waals surface area contributed by atoms with Gasteiger partial charge in [0.05, 0.1) is 12.2 Å². The Morgan fingerprint density at radius 2 is 1.96 bits per heavy atom. The molecule has 9 heteroatoms. The minimum Gasteiger partial charge on any atom is -0.450 e. The van der Waals surface area contributed by atoms with Gasteiger partial charge in [-0.2, -0.15) is 0 Å². The van der Waals surface area contributed by atoms with Gasteiger partial charge in [-0.1, -0.05) is 6.07 Å². The van der Waals surface area contributed by atoms with Gasteiger partial charge in [-0.05, 0) is 31.4 Å². The molecule has 3 rings (SSSR count). The fourth-order valence-electron chi connectivity index (χ4n) is 2.91. The highest BCUT2D eigenvalue weighted by molar-refractivity contribution is 5.93. The van der Waals surface area contributed by atoms with Gasteiger partial charge in [0, 0.05) is 50.5 Å². The summed E-state index contributed by atoms with van der Waals surface area (Å²) in [6.45, 7) is 3.84. The molecule has 1 saturated heterocycles. The van der Waals surface area contributed by atoms with Crippen LogP contribution >= 0.6 is 0 Å². The van der Waals surface area contributed by atoms with E-state index in [0.717, 1.165) is 5.56 Å². The van der Waals surface area contributed by atoms with Gasteiger partial charge in [-0.25, -0.2) is 14.8 Å². The molecule has 148 valence electrons. The minimum atomic E-state index is -0.296. The number of ether oxygens (including phenoxy) is 1. The van der Waals surface area contributed by atoms with Gasteiger partial charge in [0.1, 0.15) is 0 Å². The van der Waals surface area contributed by atoms with Gasteiger partial charge in [0.2, 0.25) is 5.95 Å². The summed E-state index contributed by atoms with van der Waals surface area (Å²) in [7, 11) is 0. The Bertz CT molecular complexity index is 776. The zero-order chi connectivity index (χ0) is 19.8. The first-order valence-electron chi connectivity index (χ1n) is 9.33. The van der Waals surface area contributed by atoms with Crippen molar-refractivity contribution in [3.05, 3.63) is 48.0 Å². The number of carbonyl (C=O) groups excluding carboxylic acids is 2. The highest BCUT2D eigenvalue weighted by Crippen LogP contribution is 2.12. The van der Waals surface area contributed by atoms with Crippen molar-refractivity contribution < 1.29 is 14.3 Å². The fraction of sp³-hybridized carbons (Fsp3) is 0.421. The second kappa shape index (κ2) is 9.63. The van der Waals surface area contributed by atoms with Crippen molar-refractivity contribution in [2.75, 3.05) is 25.0 Å². The third-order valence-electron chi connectivity index (χ3n) is 4.44. The lowest BCUT2D eigenvalue weighted by molar-refractivity contribution is 0.0859. The van der Waals surface area contributed by atoms with Crippen molar-refractivity contribution in [1.29, 1.82) is 0 Å². The average Bonchev–Trinajstić information content (AvgIpc) is 2.74. The van der Waals surface area contributed by atoms with Crippen molar-refractivity contribution >= 4 is 17.9 Å². The summed E-state index contributed by atoms with van der Waals surface area (Å²) >= 11 is 0. The van der Waals surface area contributed by atoms with Crippen LogP contribution in [0, 0.1) is 0 Å². The molecule has 2 amide bonds. The fourth-order valence-corrected chi connectivity index (χ4v) is 2.91. The summed E-state index contributed by atoms with van der Waals surface area (Å²) < 4.78 is 5.00. The molecule has 0 unspecified atom stereocenters. The van der Waals surface area contributed by atoms with Crippen molar-refractivity contribution in [3.63, 3.8) is 0 Å². The summed E-state index contributed by atoms with van der Waals surface area (Å²) in [5, 5.41) is 6.07. The Morgan fingerprint density at radius 1 is 1.21 bits per heavy atom. The molecule has 0 spiro atoms. The van der Waals surface area contributed by atoms with E-state index in [1.807, 2.05) is 12.1 Å². The summed E-state index contributed by atoms with van der Waals surface area (Å²) in [6, 6.07) is 3.83. The van der Waals surface area contributed by atoms with E-state index in [9.17, 15) is 9.59 Å². The molecule has 0 aromatic carbocycles. The first kappa shape index (κ1) is 19.5. The molecule has 2 aromatic heterocycles. The van der Waals surface area contributed by atoms with E-state index in [-0.39, 0.29) is 18.0 Å². The zero-order valence-electron chi connectivity index (χ0n) is 15.8. The van der Waals surface area contributed by atoms with Crippen molar-refractivity contribution in [2.24, 2.45) is 0 Å². The van der Waals surface area contributed by atoms with Crippen LogP contribution in [0.2, 0.25) is 0 Å². The van der Waals surface area contributed by atoms with E-state index in [1.54, 1.807) is 24.2 Å². The quantitative estimate of drug-likeness (QED) is 0.782. The van der Waals surface area contributed by atoms with Crippen LogP contribution in [0.4, 0.5) is 10.7 Å². The van der Waals surface area contributed by atoms with Crippen LogP contribution in [0.25, 0.3) is 0 Å². The number of nitrogens with one attached hydrogen (secondary N) is 2. The normalized spacial score (nSPS) is 14.4. The van der Waals surface area contributed by atoms with Crippen molar-refractivity contribution in [1.82, 2.24) is 25.2 Å². The van der Waals surface area contributed by atoms with Crippen LogP contribution in [0.15, 0.2) is 36.9 Å².